The molecule has 7 nitrogen and oxygen atoms in total. The fourth-order valence-electron chi connectivity index (χ4n) is 3.24. The predicted molar refractivity (Wildman–Crippen MR) is 126 cm³/mol. The van der Waals surface area contributed by atoms with Crippen LogP contribution in [0.1, 0.15) is 16.7 Å². The van der Waals surface area contributed by atoms with Crippen LogP contribution in [0, 0.1) is 5.82 Å². The molecule has 0 saturated heterocycles. The summed E-state index contributed by atoms with van der Waals surface area (Å²) in [5.74, 6) is 1.37. The van der Waals surface area contributed by atoms with Crippen molar-refractivity contribution in [2.24, 2.45) is 4.99 Å². The van der Waals surface area contributed by atoms with Gasteiger partial charge in [0.1, 0.15) is 11.6 Å². The third-order valence-corrected chi connectivity index (χ3v) is 4.97. The zero-order valence-corrected chi connectivity index (χ0v) is 18.3. The fourth-order valence-corrected chi connectivity index (χ4v) is 3.24. The van der Waals surface area contributed by atoms with Gasteiger partial charge in [-0.3, -0.25) is 9.67 Å². The third-order valence-electron chi connectivity index (χ3n) is 4.97. The highest BCUT2D eigenvalue weighted by Crippen LogP contribution is 2.19. The van der Waals surface area contributed by atoms with Gasteiger partial charge in [-0.15, -0.1) is 0 Å². The molecule has 2 aromatic heterocycles. The van der Waals surface area contributed by atoms with Crippen molar-refractivity contribution < 1.29 is 9.13 Å². The van der Waals surface area contributed by atoms with Crippen molar-refractivity contribution in [1.29, 1.82) is 0 Å². The van der Waals surface area contributed by atoms with Gasteiger partial charge in [0.05, 0.1) is 6.54 Å². The summed E-state index contributed by atoms with van der Waals surface area (Å²) in [7, 11) is 1.74. The number of rotatable bonds is 8. The average molecular weight is 445 g/mol. The van der Waals surface area contributed by atoms with Crippen molar-refractivity contribution in [1.82, 2.24) is 25.4 Å². The van der Waals surface area contributed by atoms with E-state index in [1.54, 1.807) is 37.6 Å². The van der Waals surface area contributed by atoms with E-state index in [1.165, 1.54) is 23.3 Å². The largest absolute Gasteiger partial charge is 0.439 e. The quantitative estimate of drug-likeness (QED) is 0.316. The van der Waals surface area contributed by atoms with Gasteiger partial charge < -0.3 is 15.4 Å². The topological polar surface area (TPSA) is 76.4 Å². The first-order valence-corrected chi connectivity index (χ1v) is 10.6. The number of aromatic nitrogens is 3. The van der Waals surface area contributed by atoms with Gasteiger partial charge in [-0.05, 0) is 47.0 Å². The van der Waals surface area contributed by atoms with Gasteiger partial charge >= 0.3 is 0 Å². The zero-order chi connectivity index (χ0) is 22.9. The van der Waals surface area contributed by atoms with E-state index in [4.69, 9.17) is 4.74 Å². The van der Waals surface area contributed by atoms with Gasteiger partial charge in [-0.1, -0.05) is 30.3 Å². The first-order valence-electron chi connectivity index (χ1n) is 10.6. The minimum Gasteiger partial charge on any atom is -0.439 e. The van der Waals surface area contributed by atoms with Crippen molar-refractivity contribution in [2.45, 2.75) is 19.6 Å². The summed E-state index contributed by atoms with van der Waals surface area (Å²) in [6.07, 6.45) is 5.47. The van der Waals surface area contributed by atoms with Crippen molar-refractivity contribution in [3.8, 4) is 11.6 Å². The molecule has 0 amide bonds. The lowest BCUT2D eigenvalue weighted by molar-refractivity contribution is 0.461. The molecular weight excluding hydrogens is 419 g/mol. The number of ether oxygens (including phenoxy) is 1. The Morgan fingerprint density at radius 2 is 1.76 bits per heavy atom. The number of benzene rings is 2. The molecule has 2 aromatic carbocycles. The second kappa shape index (κ2) is 10.9. The molecule has 168 valence electrons. The fraction of sp³-hybridized carbons (Fsp3) is 0.160. The highest BCUT2D eigenvalue weighted by Gasteiger charge is 2.06. The van der Waals surface area contributed by atoms with E-state index < -0.39 is 0 Å². The molecule has 0 atom stereocenters. The summed E-state index contributed by atoms with van der Waals surface area (Å²) in [5.41, 5.74) is 3.36. The summed E-state index contributed by atoms with van der Waals surface area (Å²) in [6, 6.07) is 19.7. The molecule has 33 heavy (non-hydrogen) atoms. The number of halogens is 1. The van der Waals surface area contributed by atoms with E-state index in [1.807, 2.05) is 35.1 Å². The number of hydrogen-bond donors (Lipinski definition) is 2. The lowest BCUT2D eigenvalue weighted by Crippen LogP contribution is -2.36. The van der Waals surface area contributed by atoms with E-state index in [-0.39, 0.29) is 5.82 Å². The molecule has 0 radical (unpaired) electrons. The van der Waals surface area contributed by atoms with Crippen LogP contribution >= 0.6 is 0 Å². The van der Waals surface area contributed by atoms with Gasteiger partial charge in [-0.2, -0.15) is 5.10 Å². The Hall–Kier alpha value is -4.20. The van der Waals surface area contributed by atoms with Crippen LogP contribution < -0.4 is 15.4 Å². The molecule has 0 aliphatic rings. The number of aliphatic imine (C=N–C) groups is 1. The Balaban J connectivity index is 1.29. The minimum absolute atomic E-state index is 0.305. The van der Waals surface area contributed by atoms with Crippen LogP contribution in [-0.2, 0) is 19.6 Å². The van der Waals surface area contributed by atoms with Crippen LogP contribution in [0.25, 0.3) is 0 Å². The van der Waals surface area contributed by atoms with E-state index in [0.29, 0.717) is 30.7 Å². The van der Waals surface area contributed by atoms with Gasteiger partial charge in [0.2, 0.25) is 5.88 Å². The Kier molecular flexibility index (Phi) is 7.27. The molecule has 2 N–H and O–H groups in total. The molecular formula is C25H25FN6O. The second-order valence-corrected chi connectivity index (χ2v) is 7.31. The van der Waals surface area contributed by atoms with Gasteiger partial charge in [0.15, 0.2) is 5.96 Å². The maximum Gasteiger partial charge on any atom is 0.219 e. The summed E-state index contributed by atoms with van der Waals surface area (Å²) < 4.78 is 20.5. The molecule has 0 aliphatic carbocycles. The molecule has 0 spiro atoms. The first kappa shape index (κ1) is 22.0. The first-order chi connectivity index (χ1) is 16.2. The standard InChI is InChI=1S/C25H25FN6O/c1-27-25(30-17-20-5-2-3-6-21(20)18-32-14-4-13-31-32)29-16-19-7-12-24(28-15-19)33-23-10-8-22(26)9-11-23/h2-15H,16-18H2,1H3,(H2,27,29,30). The van der Waals surface area contributed by atoms with Crippen LogP contribution in [0.2, 0.25) is 0 Å². The molecule has 0 bridgehead atoms. The molecule has 0 fully saturated rings. The molecule has 4 aromatic rings. The monoisotopic (exact) mass is 444 g/mol. The van der Waals surface area contributed by atoms with Gasteiger partial charge in [0.25, 0.3) is 0 Å². The molecule has 0 aliphatic heterocycles. The number of nitrogens with one attached hydrogen (secondary N) is 2. The molecule has 8 heteroatoms. The number of pyridine rings is 1. The van der Waals surface area contributed by atoms with Crippen LogP contribution in [-0.4, -0.2) is 27.8 Å². The summed E-state index contributed by atoms with van der Waals surface area (Å²) >= 11 is 0. The number of nitrogens with zero attached hydrogens (tertiary/aromatic N) is 4. The molecule has 4 rings (SSSR count). The third kappa shape index (κ3) is 6.39. The average Bonchev–Trinajstić information content (AvgIpc) is 3.36. The van der Waals surface area contributed by atoms with Crippen LogP contribution in [0.5, 0.6) is 11.6 Å². The van der Waals surface area contributed by atoms with Crippen molar-refractivity contribution >= 4 is 5.96 Å². The van der Waals surface area contributed by atoms with Crippen LogP contribution in [0.3, 0.4) is 0 Å². The summed E-state index contributed by atoms with van der Waals surface area (Å²) in [6.45, 7) is 1.91. The SMILES string of the molecule is CN=C(NCc1ccc(Oc2ccc(F)cc2)nc1)NCc1ccccc1Cn1cccn1. The van der Waals surface area contributed by atoms with Crippen molar-refractivity contribution in [3.63, 3.8) is 0 Å². The van der Waals surface area contributed by atoms with Crippen LogP contribution in [0.15, 0.2) is 90.3 Å². The molecule has 0 saturated carbocycles. The zero-order valence-electron chi connectivity index (χ0n) is 18.3. The van der Waals surface area contributed by atoms with Gasteiger partial charge in [-0.25, -0.2) is 9.37 Å². The second-order valence-electron chi connectivity index (χ2n) is 7.31. The normalized spacial score (nSPS) is 11.3. The van der Waals surface area contributed by atoms with Crippen molar-refractivity contribution in [2.75, 3.05) is 7.05 Å². The Labute approximate surface area is 192 Å². The van der Waals surface area contributed by atoms with E-state index in [9.17, 15) is 4.39 Å². The Bertz CT molecular complexity index is 1170. The van der Waals surface area contributed by atoms with Gasteiger partial charge in [0, 0.05) is 44.8 Å². The van der Waals surface area contributed by atoms with E-state index in [2.05, 4.69) is 37.8 Å². The minimum atomic E-state index is -0.305. The van der Waals surface area contributed by atoms with E-state index in [0.717, 1.165) is 12.1 Å². The van der Waals surface area contributed by atoms with Crippen molar-refractivity contribution in [3.05, 3.63) is 108 Å². The summed E-state index contributed by atoms with van der Waals surface area (Å²) in [5, 5.41) is 10.9. The van der Waals surface area contributed by atoms with Crippen LogP contribution in [0.4, 0.5) is 4.39 Å². The lowest BCUT2D eigenvalue weighted by Gasteiger charge is -2.14. The molecule has 0 unspecified atom stereocenters. The Morgan fingerprint density at radius 1 is 0.970 bits per heavy atom. The maximum atomic E-state index is 13.0. The molecule has 2 heterocycles. The predicted octanol–water partition coefficient (Wildman–Crippen LogP) is 4.12. The maximum absolute atomic E-state index is 13.0. The highest BCUT2D eigenvalue weighted by atomic mass is 19.1. The smallest absolute Gasteiger partial charge is 0.219 e. The Morgan fingerprint density at radius 3 is 2.45 bits per heavy atom. The lowest BCUT2D eigenvalue weighted by atomic mass is 10.1. The number of guanidine groups is 1. The summed E-state index contributed by atoms with van der Waals surface area (Å²) in [4.78, 5) is 8.62. The van der Waals surface area contributed by atoms with E-state index >= 15 is 0 Å². The number of hydrogen-bond acceptors (Lipinski definition) is 4. The highest BCUT2D eigenvalue weighted by molar-refractivity contribution is 5.79.